The fourth-order valence-corrected chi connectivity index (χ4v) is 2.53. The molecule has 3 nitrogen and oxygen atoms in total. The number of ether oxygens (including phenoxy) is 1. The highest BCUT2D eigenvalue weighted by molar-refractivity contribution is 14.1. The molecule has 110 valence electrons. The summed E-state index contributed by atoms with van der Waals surface area (Å²) in [6.45, 7) is 0.894. The molecule has 0 aliphatic heterocycles. The molecule has 0 saturated carbocycles. The fourth-order valence-electron chi connectivity index (χ4n) is 1.80. The van der Waals surface area contributed by atoms with Crippen LogP contribution in [-0.2, 0) is 0 Å². The third-order valence-electron chi connectivity index (χ3n) is 2.94. The first-order valence-corrected chi connectivity index (χ1v) is 7.92. The van der Waals surface area contributed by atoms with Crippen molar-refractivity contribution in [2.75, 3.05) is 20.2 Å². The Balaban J connectivity index is 1.89. The van der Waals surface area contributed by atoms with Crippen LogP contribution in [-0.4, -0.2) is 31.0 Å². The molecular weight excluding hydrogens is 401 g/mol. The predicted molar refractivity (Wildman–Crippen MR) is 93.1 cm³/mol. The number of carbonyl (C=O) groups excluding carboxylic acids is 1. The SMILES string of the molecule is CN(CCOc1ccccc1Cl)C(=O)c1cccc(I)c1. The average molecular weight is 416 g/mol. The monoisotopic (exact) mass is 415 g/mol. The van der Waals surface area contributed by atoms with Crippen LogP contribution in [0.4, 0.5) is 0 Å². The highest BCUT2D eigenvalue weighted by Crippen LogP contribution is 2.22. The first-order chi connectivity index (χ1) is 10.1. The standard InChI is InChI=1S/C16H15ClINO2/c1-19(16(20)12-5-4-6-13(18)11-12)9-10-21-15-8-3-2-7-14(15)17/h2-8,11H,9-10H2,1H3. The Hall–Kier alpha value is -1.27. The van der Waals surface area contributed by atoms with Crippen molar-refractivity contribution in [2.45, 2.75) is 0 Å². The second kappa shape index (κ2) is 7.66. The van der Waals surface area contributed by atoms with E-state index < -0.39 is 0 Å². The summed E-state index contributed by atoms with van der Waals surface area (Å²) in [7, 11) is 1.76. The first kappa shape index (κ1) is 16.1. The number of nitrogens with zero attached hydrogens (tertiary/aromatic N) is 1. The molecule has 1 amide bonds. The fraction of sp³-hybridized carbons (Fsp3) is 0.188. The topological polar surface area (TPSA) is 29.5 Å². The molecule has 0 aliphatic carbocycles. The molecule has 0 aliphatic rings. The molecule has 0 unspecified atom stereocenters. The summed E-state index contributed by atoms with van der Waals surface area (Å²) < 4.78 is 6.63. The van der Waals surface area contributed by atoms with E-state index in [1.54, 1.807) is 18.0 Å². The van der Waals surface area contributed by atoms with Gasteiger partial charge < -0.3 is 9.64 Å². The maximum Gasteiger partial charge on any atom is 0.253 e. The minimum atomic E-state index is -0.0173. The highest BCUT2D eigenvalue weighted by Gasteiger charge is 2.12. The van der Waals surface area contributed by atoms with Gasteiger partial charge in [-0.15, -0.1) is 0 Å². The van der Waals surface area contributed by atoms with Gasteiger partial charge in [0.15, 0.2) is 0 Å². The van der Waals surface area contributed by atoms with E-state index >= 15 is 0 Å². The summed E-state index contributed by atoms with van der Waals surface area (Å²) >= 11 is 8.20. The average Bonchev–Trinajstić information content (AvgIpc) is 2.48. The molecule has 2 aromatic carbocycles. The van der Waals surface area contributed by atoms with E-state index in [1.165, 1.54) is 0 Å². The number of halogens is 2. The van der Waals surface area contributed by atoms with Crippen LogP contribution in [0.5, 0.6) is 5.75 Å². The molecule has 0 radical (unpaired) electrons. The Morgan fingerprint density at radius 2 is 2.00 bits per heavy atom. The number of rotatable bonds is 5. The maximum atomic E-state index is 12.2. The molecule has 21 heavy (non-hydrogen) atoms. The molecule has 0 heterocycles. The number of likely N-dealkylation sites (N-methyl/N-ethyl adjacent to an activating group) is 1. The van der Waals surface area contributed by atoms with Crippen LogP contribution in [0.25, 0.3) is 0 Å². The van der Waals surface area contributed by atoms with E-state index in [0.29, 0.717) is 29.5 Å². The quantitative estimate of drug-likeness (QED) is 0.688. The van der Waals surface area contributed by atoms with Crippen molar-refractivity contribution >= 4 is 40.1 Å². The van der Waals surface area contributed by atoms with Crippen molar-refractivity contribution in [3.63, 3.8) is 0 Å². The number of hydrogen-bond acceptors (Lipinski definition) is 2. The minimum absolute atomic E-state index is 0.0173. The molecule has 0 aromatic heterocycles. The van der Waals surface area contributed by atoms with Crippen LogP contribution in [0.3, 0.4) is 0 Å². The second-order valence-corrected chi connectivity index (χ2v) is 6.17. The molecule has 0 N–H and O–H groups in total. The zero-order chi connectivity index (χ0) is 15.2. The Labute approximate surface area is 143 Å². The molecular formula is C16H15ClINO2. The molecule has 5 heteroatoms. The van der Waals surface area contributed by atoms with Gasteiger partial charge in [-0.1, -0.05) is 29.8 Å². The second-order valence-electron chi connectivity index (χ2n) is 4.52. The van der Waals surface area contributed by atoms with Gasteiger partial charge in [0.05, 0.1) is 11.6 Å². The lowest BCUT2D eigenvalue weighted by atomic mass is 10.2. The van der Waals surface area contributed by atoms with Crippen LogP contribution in [0.15, 0.2) is 48.5 Å². The molecule has 2 aromatic rings. The minimum Gasteiger partial charge on any atom is -0.490 e. The van der Waals surface area contributed by atoms with Crippen molar-refractivity contribution < 1.29 is 9.53 Å². The van der Waals surface area contributed by atoms with E-state index in [0.717, 1.165) is 3.57 Å². The summed E-state index contributed by atoms with van der Waals surface area (Å²) in [6, 6.07) is 14.8. The normalized spacial score (nSPS) is 10.2. The lowest BCUT2D eigenvalue weighted by Gasteiger charge is -2.18. The summed E-state index contributed by atoms with van der Waals surface area (Å²) in [4.78, 5) is 13.9. The van der Waals surface area contributed by atoms with E-state index in [4.69, 9.17) is 16.3 Å². The van der Waals surface area contributed by atoms with Gasteiger partial charge in [-0.3, -0.25) is 4.79 Å². The molecule has 0 saturated heterocycles. The van der Waals surface area contributed by atoms with E-state index in [-0.39, 0.29) is 5.91 Å². The van der Waals surface area contributed by atoms with Crippen LogP contribution in [0.1, 0.15) is 10.4 Å². The zero-order valence-electron chi connectivity index (χ0n) is 11.6. The van der Waals surface area contributed by atoms with Gasteiger partial charge in [0.1, 0.15) is 12.4 Å². The van der Waals surface area contributed by atoms with Crippen LogP contribution < -0.4 is 4.74 Å². The highest BCUT2D eigenvalue weighted by atomic mass is 127. The molecule has 0 bridgehead atoms. The lowest BCUT2D eigenvalue weighted by molar-refractivity contribution is 0.0774. The summed E-state index contributed by atoms with van der Waals surface area (Å²) in [5, 5.41) is 0.573. The van der Waals surface area contributed by atoms with Crippen molar-refractivity contribution in [1.82, 2.24) is 4.90 Å². The summed E-state index contributed by atoms with van der Waals surface area (Å²) in [6.07, 6.45) is 0. The van der Waals surface area contributed by atoms with Crippen LogP contribution >= 0.6 is 34.2 Å². The van der Waals surface area contributed by atoms with E-state index in [2.05, 4.69) is 22.6 Å². The van der Waals surface area contributed by atoms with Crippen LogP contribution in [0, 0.1) is 3.57 Å². The lowest BCUT2D eigenvalue weighted by Crippen LogP contribution is -2.30. The molecule has 0 fully saturated rings. The Morgan fingerprint density at radius 3 is 2.71 bits per heavy atom. The molecule has 0 atom stereocenters. The maximum absolute atomic E-state index is 12.2. The number of amides is 1. The van der Waals surface area contributed by atoms with Crippen molar-refractivity contribution in [1.29, 1.82) is 0 Å². The third-order valence-corrected chi connectivity index (χ3v) is 3.92. The van der Waals surface area contributed by atoms with Crippen LogP contribution in [0.2, 0.25) is 5.02 Å². The van der Waals surface area contributed by atoms with Crippen molar-refractivity contribution in [2.24, 2.45) is 0 Å². The number of hydrogen-bond donors (Lipinski definition) is 0. The third kappa shape index (κ3) is 4.61. The molecule has 0 spiro atoms. The van der Waals surface area contributed by atoms with Gasteiger partial charge in [-0.25, -0.2) is 0 Å². The summed E-state index contributed by atoms with van der Waals surface area (Å²) in [5.41, 5.74) is 0.683. The number of benzene rings is 2. The first-order valence-electron chi connectivity index (χ1n) is 6.46. The van der Waals surface area contributed by atoms with Gasteiger partial charge >= 0.3 is 0 Å². The van der Waals surface area contributed by atoms with E-state index in [9.17, 15) is 4.79 Å². The number of para-hydroxylation sites is 1. The summed E-state index contributed by atoms with van der Waals surface area (Å²) in [5.74, 6) is 0.616. The zero-order valence-corrected chi connectivity index (χ0v) is 14.5. The van der Waals surface area contributed by atoms with Gasteiger partial charge in [0.2, 0.25) is 0 Å². The predicted octanol–water partition coefficient (Wildman–Crippen LogP) is 4.10. The van der Waals surface area contributed by atoms with Crippen molar-refractivity contribution in [3.05, 3.63) is 62.7 Å². The smallest absolute Gasteiger partial charge is 0.253 e. The van der Waals surface area contributed by atoms with Crippen molar-refractivity contribution in [3.8, 4) is 5.75 Å². The number of carbonyl (C=O) groups is 1. The van der Waals surface area contributed by atoms with Gasteiger partial charge in [-0.05, 0) is 52.9 Å². The van der Waals surface area contributed by atoms with Gasteiger partial charge in [-0.2, -0.15) is 0 Å². The van der Waals surface area contributed by atoms with Gasteiger partial charge in [0, 0.05) is 16.2 Å². The Bertz CT molecular complexity index is 633. The Morgan fingerprint density at radius 1 is 1.24 bits per heavy atom. The molecule has 2 rings (SSSR count). The van der Waals surface area contributed by atoms with Gasteiger partial charge in [0.25, 0.3) is 5.91 Å². The van der Waals surface area contributed by atoms with E-state index in [1.807, 2.05) is 42.5 Å². The Kier molecular flexibility index (Phi) is 5.87. The largest absolute Gasteiger partial charge is 0.490 e.